The largest absolute Gasteiger partial charge is 0.496 e. The molecule has 1 aromatic heterocycles. The maximum atomic E-state index is 13.1. The van der Waals surface area contributed by atoms with Gasteiger partial charge in [0.15, 0.2) is 11.4 Å². The van der Waals surface area contributed by atoms with Crippen molar-refractivity contribution in [3.05, 3.63) is 71.8 Å². The van der Waals surface area contributed by atoms with Gasteiger partial charge in [0.1, 0.15) is 11.6 Å². The molecule has 28 heavy (non-hydrogen) atoms. The Hall–Kier alpha value is -3.35. The van der Waals surface area contributed by atoms with Crippen molar-refractivity contribution in [2.45, 2.75) is 13.3 Å². The first-order valence-electron chi connectivity index (χ1n) is 9.01. The van der Waals surface area contributed by atoms with E-state index in [0.717, 1.165) is 11.3 Å². The van der Waals surface area contributed by atoms with Crippen molar-refractivity contribution in [1.29, 1.82) is 0 Å². The molecule has 7 heteroatoms. The molecular formula is C21H22FN3O3. The molecule has 0 unspecified atom stereocenters. The highest BCUT2D eigenvalue weighted by Gasteiger charge is 2.18. The molecule has 6 nitrogen and oxygen atoms in total. The molecule has 146 valence electrons. The normalized spacial score (nSPS) is 10.5. The minimum Gasteiger partial charge on any atom is -0.496 e. The van der Waals surface area contributed by atoms with E-state index >= 15 is 0 Å². The highest BCUT2D eigenvalue weighted by molar-refractivity contribution is 5.95. The summed E-state index contributed by atoms with van der Waals surface area (Å²) >= 11 is 0. The fourth-order valence-corrected chi connectivity index (χ4v) is 2.81. The fraction of sp³-hybridized carbons (Fsp3) is 0.238. The summed E-state index contributed by atoms with van der Waals surface area (Å²) in [6, 6.07) is 13.5. The van der Waals surface area contributed by atoms with Crippen LogP contribution in [-0.2, 0) is 6.42 Å². The zero-order valence-corrected chi connectivity index (χ0v) is 15.8. The third-order valence-corrected chi connectivity index (χ3v) is 4.16. The van der Waals surface area contributed by atoms with Gasteiger partial charge in [0.05, 0.1) is 25.6 Å². The van der Waals surface area contributed by atoms with E-state index in [1.807, 2.05) is 31.2 Å². The quantitative estimate of drug-likeness (QED) is 0.648. The molecule has 0 radical (unpaired) electrons. The summed E-state index contributed by atoms with van der Waals surface area (Å²) in [5.41, 5.74) is 1.83. The van der Waals surface area contributed by atoms with E-state index in [2.05, 4.69) is 10.4 Å². The second-order valence-electron chi connectivity index (χ2n) is 6.01. The Balaban J connectivity index is 1.72. The van der Waals surface area contributed by atoms with E-state index < -0.39 is 0 Å². The fourth-order valence-electron chi connectivity index (χ4n) is 2.81. The molecule has 0 bridgehead atoms. The van der Waals surface area contributed by atoms with Crippen molar-refractivity contribution in [2.75, 3.05) is 20.3 Å². The van der Waals surface area contributed by atoms with Gasteiger partial charge in [0.25, 0.3) is 5.91 Å². The summed E-state index contributed by atoms with van der Waals surface area (Å²) in [6.07, 6.45) is 2.24. The molecule has 0 atom stereocenters. The first-order chi connectivity index (χ1) is 13.6. The number of carbonyl (C=O) groups excluding carboxylic acids is 1. The van der Waals surface area contributed by atoms with Gasteiger partial charge in [-0.3, -0.25) is 4.79 Å². The summed E-state index contributed by atoms with van der Waals surface area (Å²) in [5, 5.41) is 7.18. The summed E-state index contributed by atoms with van der Waals surface area (Å²) in [5.74, 6) is 0.489. The Kier molecular flexibility index (Phi) is 6.26. The van der Waals surface area contributed by atoms with Gasteiger partial charge >= 0.3 is 0 Å². The van der Waals surface area contributed by atoms with Crippen molar-refractivity contribution < 1.29 is 18.7 Å². The van der Waals surface area contributed by atoms with Gasteiger partial charge in [0.2, 0.25) is 0 Å². The molecule has 0 aliphatic heterocycles. The molecule has 3 aromatic rings. The second-order valence-corrected chi connectivity index (χ2v) is 6.01. The molecule has 0 fully saturated rings. The van der Waals surface area contributed by atoms with Crippen molar-refractivity contribution in [3.8, 4) is 17.2 Å². The van der Waals surface area contributed by atoms with Gasteiger partial charge in [0, 0.05) is 6.54 Å². The number of carbonyl (C=O) groups is 1. The van der Waals surface area contributed by atoms with Crippen LogP contribution in [0, 0.1) is 5.82 Å². The molecule has 3 rings (SSSR count). The van der Waals surface area contributed by atoms with E-state index in [9.17, 15) is 9.18 Å². The van der Waals surface area contributed by atoms with E-state index in [1.54, 1.807) is 25.4 Å². The SMILES string of the molecule is CCOc1cn(-c2ccc(F)cc2)nc1C(=O)NCCc1ccccc1OC. The van der Waals surface area contributed by atoms with E-state index in [-0.39, 0.29) is 17.4 Å². The predicted molar refractivity (Wildman–Crippen MR) is 104 cm³/mol. The first-order valence-corrected chi connectivity index (χ1v) is 9.01. The second kappa shape index (κ2) is 9.03. The van der Waals surface area contributed by atoms with E-state index in [4.69, 9.17) is 9.47 Å². The summed E-state index contributed by atoms with van der Waals surface area (Å²) in [6.45, 7) is 2.66. The third kappa shape index (κ3) is 4.49. The van der Waals surface area contributed by atoms with Crippen LogP contribution in [0.15, 0.2) is 54.7 Å². The molecule has 0 saturated heterocycles. The number of para-hydroxylation sites is 1. The van der Waals surface area contributed by atoms with Crippen LogP contribution in [-0.4, -0.2) is 35.9 Å². The third-order valence-electron chi connectivity index (χ3n) is 4.16. The standard InChI is InChI=1S/C21H22FN3O3/c1-3-28-19-14-25(17-10-8-16(22)9-11-17)24-20(19)21(26)23-13-12-15-6-4-5-7-18(15)27-2/h4-11,14H,3,12-13H2,1-2H3,(H,23,26). The number of nitrogens with one attached hydrogen (secondary N) is 1. The lowest BCUT2D eigenvalue weighted by Crippen LogP contribution is -2.26. The van der Waals surface area contributed by atoms with Gasteiger partial charge in [-0.2, -0.15) is 5.10 Å². The average Bonchev–Trinajstić information content (AvgIpc) is 3.13. The van der Waals surface area contributed by atoms with Crippen molar-refractivity contribution in [1.82, 2.24) is 15.1 Å². The minimum absolute atomic E-state index is 0.186. The van der Waals surface area contributed by atoms with Crippen LogP contribution in [0.4, 0.5) is 4.39 Å². The van der Waals surface area contributed by atoms with Crippen molar-refractivity contribution >= 4 is 5.91 Å². The van der Waals surface area contributed by atoms with Gasteiger partial charge in [-0.05, 0) is 49.2 Å². The summed E-state index contributed by atoms with van der Waals surface area (Å²) in [4.78, 5) is 12.6. The van der Waals surface area contributed by atoms with Gasteiger partial charge in [-0.25, -0.2) is 9.07 Å². The number of aromatic nitrogens is 2. The van der Waals surface area contributed by atoms with Crippen LogP contribution in [0.2, 0.25) is 0 Å². The molecular weight excluding hydrogens is 361 g/mol. The first kappa shape index (κ1) is 19.4. The average molecular weight is 383 g/mol. The van der Waals surface area contributed by atoms with E-state index in [0.29, 0.717) is 31.0 Å². The molecule has 0 aliphatic carbocycles. The van der Waals surface area contributed by atoms with Crippen LogP contribution in [0.5, 0.6) is 11.5 Å². The predicted octanol–water partition coefficient (Wildman–Crippen LogP) is 3.39. The van der Waals surface area contributed by atoms with Gasteiger partial charge < -0.3 is 14.8 Å². The molecule has 1 N–H and O–H groups in total. The number of hydrogen-bond acceptors (Lipinski definition) is 4. The molecule has 0 saturated carbocycles. The molecule has 1 amide bonds. The lowest BCUT2D eigenvalue weighted by molar-refractivity contribution is 0.0945. The van der Waals surface area contributed by atoms with Gasteiger partial charge in [-0.1, -0.05) is 18.2 Å². The lowest BCUT2D eigenvalue weighted by Gasteiger charge is -2.09. The topological polar surface area (TPSA) is 65.4 Å². The highest BCUT2D eigenvalue weighted by Crippen LogP contribution is 2.21. The maximum Gasteiger partial charge on any atom is 0.275 e. The van der Waals surface area contributed by atoms with Crippen LogP contribution in [0.1, 0.15) is 23.0 Å². The van der Waals surface area contributed by atoms with Crippen molar-refractivity contribution in [3.63, 3.8) is 0 Å². The Labute approximate surface area is 162 Å². The van der Waals surface area contributed by atoms with Crippen LogP contribution in [0.3, 0.4) is 0 Å². The molecule has 0 spiro atoms. The highest BCUT2D eigenvalue weighted by atomic mass is 19.1. The number of benzene rings is 2. The number of amides is 1. The number of hydrogen-bond donors (Lipinski definition) is 1. The van der Waals surface area contributed by atoms with Gasteiger partial charge in [-0.15, -0.1) is 0 Å². The zero-order valence-electron chi connectivity index (χ0n) is 15.8. The van der Waals surface area contributed by atoms with Crippen molar-refractivity contribution in [2.24, 2.45) is 0 Å². The monoisotopic (exact) mass is 383 g/mol. The number of methoxy groups -OCH3 is 1. The molecule has 2 aromatic carbocycles. The Morgan fingerprint density at radius 1 is 1.14 bits per heavy atom. The Bertz CT molecular complexity index is 938. The summed E-state index contributed by atoms with van der Waals surface area (Å²) < 4.78 is 25.5. The van der Waals surface area contributed by atoms with E-state index in [1.165, 1.54) is 16.8 Å². The number of rotatable bonds is 8. The smallest absolute Gasteiger partial charge is 0.275 e. The number of ether oxygens (including phenoxy) is 2. The number of nitrogens with zero attached hydrogens (tertiary/aromatic N) is 2. The van der Waals surface area contributed by atoms with Crippen LogP contribution < -0.4 is 14.8 Å². The Morgan fingerprint density at radius 3 is 2.61 bits per heavy atom. The Morgan fingerprint density at radius 2 is 1.89 bits per heavy atom. The minimum atomic E-state index is -0.338. The lowest BCUT2D eigenvalue weighted by atomic mass is 10.1. The molecule has 1 heterocycles. The zero-order chi connectivity index (χ0) is 19.9. The van der Waals surface area contributed by atoms with Crippen LogP contribution >= 0.6 is 0 Å². The van der Waals surface area contributed by atoms with Crippen LogP contribution in [0.25, 0.3) is 5.69 Å². The summed E-state index contributed by atoms with van der Waals surface area (Å²) in [7, 11) is 1.62. The number of halogens is 1. The molecule has 0 aliphatic rings. The maximum absolute atomic E-state index is 13.1.